The zero-order valence-electron chi connectivity index (χ0n) is 10.5. The van der Waals surface area contributed by atoms with Gasteiger partial charge in [-0.2, -0.15) is 0 Å². The van der Waals surface area contributed by atoms with Crippen molar-refractivity contribution in [3.63, 3.8) is 0 Å². The Hall–Kier alpha value is -1.55. The van der Waals surface area contributed by atoms with Crippen molar-refractivity contribution in [1.29, 1.82) is 0 Å². The number of aromatic nitrogens is 2. The number of hydrogen-bond acceptors (Lipinski definition) is 2. The van der Waals surface area contributed by atoms with Gasteiger partial charge in [-0.05, 0) is 25.5 Å². The van der Waals surface area contributed by atoms with Gasteiger partial charge in [-0.15, -0.1) is 0 Å². The summed E-state index contributed by atoms with van der Waals surface area (Å²) in [5.74, 6) is -0.143. The Morgan fingerprint density at radius 2 is 2.28 bits per heavy atom. The molecule has 18 heavy (non-hydrogen) atoms. The molecule has 0 radical (unpaired) electrons. The molecule has 0 aliphatic rings. The fraction of sp³-hybridized carbons (Fsp3) is 0.385. The maximum absolute atomic E-state index is 12.0. The Bertz CT molecular complexity index is 564. The fourth-order valence-electron chi connectivity index (χ4n) is 1.88. The van der Waals surface area contributed by atoms with E-state index in [1.165, 1.54) is 0 Å². The SMILES string of the molecule is CCC[C@H](C)NC(=O)c1cn2cc(Cl)ccc2n1. The molecule has 2 aromatic heterocycles. The number of fused-ring (bicyclic) bond motifs is 1. The number of hydrogen-bond donors (Lipinski definition) is 1. The Morgan fingerprint density at radius 3 is 3.00 bits per heavy atom. The minimum Gasteiger partial charge on any atom is -0.348 e. The predicted molar refractivity (Wildman–Crippen MR) is 72.0 cm³/mol. The molecule has 0 saturated carbocycles. The second-order valence-corrected chi connectivity index (χ2v) is 4.84. The number of pyridine rings is 1. The summed E-state index contributed by atoms with van der Waals surface area (Å²) in [6, 6.07) is 3.70. The lowest BCUT2D eigenvalue weighted by molar-refractivity contribution is 0.0934. The summed E-state index contributed by atoms with van der Waals surface area (Å²) in [5, 5.41) is 3.54. The number of amides is 1. The van der Waals surface area contributed by atoms with Crippen molar-refractivity contribution in [2.75, 3.05) is 0 Å². The molecule has 0 spiro atoms. The number of nitrogens with one attached hydrogen (secondary N) is 1. The standard InChI is InChI=1S/C13H16ClN3O/c1-3-4-9(2)15-13(18)11-8-17-7-10(14)5-6-12(17)16-11/h5-9H,3-4H2,1-2H3,(H,15,18)/t9-/m0/s1. The van der Waals surface area contributed by atoms with E-state index >= 15 is 0 Å². The summed E-state index contributed by atoms with van der Waals surface area (Å²) in [6.45, 7) is 4.09. The zero-order valence-corrected chi connectivity index (χ0v) is 11.2. The van der Waals surface area contributed by atoms with Gasteiger partial charge in [0, 0.05) is 18.4 Å². The highest BCUT2D eigenvalue weighted by atomic mass is 35.5. The Morgan fingerprint density at radius 1 is 1.50 bits per heavy atom. The molecule has 2 heterocycles. The van der Waals surface area contributed by atoms with Crippen LogP contribution in [0, 0.1) is 0 Å². The van der Waals surface area contributed by atoms with Gasteiger partial charge in [-0.3, -0.25) is 4.79 Å². The van der Waals surface area contributed by atoms with Crippen molar-refractivity contribution in [1.82, 2.24) is 14.7 Å². The van der Waals surface area contributed by atoms with Gasteiger partial charge >= 0.3 is 0 Å². The third-order valence-electron chi connectivity index (χ3n) is 2.75. The second kappa shape index (κ2) is 5.40. The first kappa shape index (κ1) is 12.9. The first-order chi connectivity index (χ1) is 8.60. The van der Waals surface area contributed by atoms with E-state index in [-0.39, 0.29) is 11.9 Å². The lowest BCUT2D eigenvalue weighted by Crippen LogP contribution is -2.32. The van der Waals surface area contributed by atoms with Gasteiger partial charge in [-0.1, -0.05) is 24.9 Å². The van der Waals surface area contributed by atoms with Crippen molar-refractivity contribution >= 4 is 23.2 Å². The molecule has 0 saturated heterocycles. The van der Waals surface area contributed by atoms with Gasteiger partial charge in [0.15, 0.2) is 0 Å². The first-order valence-electron chi connectivity index (χ1n) is 6.05. The van der Waals surface area contributed by atoms with Gasteiger partial charge in [0.1, 0.15) is 11.3 Å². The highest BCUT2D eigenvalue weighted by Crippen LogP contribution is 2.12. The topological polar surface area (TPSA) is 46.4 Å². The van der Waals surface area contributed by atoms with E-state index in [9.17, 15) is 4.79 Å². The number of carbonyl (C=O) groups is 1. The molecule has 5 heteroatoms. The van der Waals surface area contributed by atoms with Gasteiger partial charge in [0.05, 0.1) is 5.02 Å². The van der Waals surface area contributed by atoms with Crippen LogP contribution >= 0.6 is 11.6 Å². The first-order valence-corrected chi connectivity index (χ1v) is 6.43. The maximum atomic E-state index is 12.0. The van der Waals surface area contributed by atoms with Gasteiger partial charge < -0.3 is 9.72 Å². The van der Waals surface area contributed by atoms with Crippen molar-refractivity contribution in [3.8, 4) is 0 Å². The van der Waals surface area contributed by atoms with E-state index in [2.05, 4.69) is 17.2 Å². The molecule has 0 fully saturated rings. The van der Waals surface area contributed by atoms with E-state index in [4.69, 9.17) is 11.6 Å². The maximum Gasteiger partial charge on any atom is 0.271 e. The smallest absolute Gasteiger partial charge is 0.271 e. The molecule has 2 aromatic rings. The lowest BCUT2D eigenvalue weighted by Gasteiger charge is -2.10. The van der Waals surface area contributed by atoms with Crippen LogP contribution in [-0.4, -0.2) is 21.3 Å². The largest absolute Gasteiger partial charge is 0.348 e. The summed E-state index contributed by atoms with van der Waals surface area (Å²) in [6.07, 6.45) is 5.43. The summed E-state index contributed by atoms with van der Waals surface area (Å²) in [5.41, 5.74) is 1.13. The molecule has 1 N–H and O–H groups in total. The monoisotopic (exact) mass is 265 g/mol. The molecule has 2 rings (SSSR count). The third-order valence-corrected chi connectivity index (χ3v) is 2.97. The van der Waals surface area contributed by atoms with E-state index in [0.29, 0.717) is 16.4 Å². The number of carbonyl (C=O) groups excluding carboxylic acids is 1. The van der Waals surface area contributed by atoms with Crippen molar-refractivity contribution in [2.45, 2.75) is 32.7 Å². The minimum absolute atomic E-state index is 0.143. The molecular formula is C13H16ClN3O. The average molecular weight is 266 g/mol. The number of nitrogens with zero attached hydrogens (tertiary/aromatic N) is 2. The second-order valence-electron chi connectivity index (χ2n) is 4.40. The molecule has 4 nitrogen and oxygen atoms in total. The van der Waals surface area contributed by atoms with Crippen molar-refractivity contribution < 1.29 is 4.79 Å². The highest BCUT2D eigenvalue weighted by molar-refractivity contribution is 6.30. The van der Waals surface area contributed by atoms with Crippen LogP contribution in [0.1, 0.15) is 37.2 Å². The Labute approximate surface area is 111 Å². The number of rotatable bonds is 4. The molecule has 0 aliphatic heterocycles. The Balaban J connectivity index is 2.18. The average Bonchev–Trinajstić information content (AvgIpc) is 2.72. The summed E-state index contributed by atoms with van der Waals surface area (Å²) in [7, 11) is 0. The predicted octanol–water partition coefficient (Wildman–Crippen LogP) is 2.91. The molecule has 96 valence electrons. The quantitative estimate of drug-likeness (QED) is 0.924. The van der Waals surface area contributed by atoms with Crippen LogP contribution in [0.3, 0.4) is 0 Å². The number of halogens is 1. The summed E-state index contributed by atoms with van der Waals surface area (Å²) in [4.78, 5) is 16.2. The van der Waals surface area contributed by atoms with Gasteiger partial charge in [0.25, 0.3) is 5.91 Å². The van der Waals surface area contributed by atoms with Crippen LogP contribution in [0.2, 0.25) is 5.02 Å². The summed E-state index contributed by atoms with van der Waals surface area (Å²) >= 11 is 5.88. The normalized spacial score (nSPS) is 12.6. The van der Waals surface area contributed by atoms with E-state index in [1.807, 2.05) is 6.92 Å². The van der Waals surface area contributed by atoms with Gasteiger partial charge in [-0.25, -0.2) is 4.98 Å². The lowest BCUT2D eigenvalue weighted by atomic mass is 10.2. The van der Waals surface area contributed by atoms with Crippen molar-refractivity contribution in [3.05, 3.63) is 35.2 Å². The minimum atomic E-state index is -0.143. The van der Waals surface area contributed by atoms with Crippen LogP contribution in [-0.2, 0) is 0 Å². The molecule has 1 amide bonds. The molecule has 0 aliphatic carbocycles. The fourth-order valence-corrected chi connectivity index (χ4v) is 2.05. The van der Waals surface area contributed by atoms with Crippen LogP contribution < -0.4 is 5.32 Å². The van der Waals surface area contributed by atoms with Gasteiger partial charge in [0.2, 0.25) is 0 Å². The molecule has 1 atom stereocenters. The van der Waals surface area contributed by atoms with Crippen molar-refractivity contribution in [2.24, 2.45) is 0 Å². The third kappa shape index (κ3) is 2.82. The molecule has 0 bridgehead atoms. The van der Waals surface area contributed by atoms with E-state index in [1.54, 1.807) is 28.9 Å². The zero-order chi connectivity index (χ0) is 13.1. The van der Waals surface area contributed by atoms with Crippen LogP contribution in [0.25, 0.3) is 5.65 Å². The van der Waals surface area contributed by atoms with Crippen LogP contribution in [0.15, 0.2) is 24.5 Å². The van der Waals surface area contributed by atoms with Crippen LogP contribution in [0.4, 0.5) is 0 Å². The van der Waals surface area contributed by atoms with Crippen LogP contribution in [0.5, 0.6) is 0 Å². The number of imidazole rings is 1. The molecule has 0 aromatic carbocycles. The molecular weight excluding hydrogens is 250 g/mol. The van der Waals surface area contributed by atoms with E-state index in [0.717, 1.165) is 12.8 Å². The highest BCUT2D eigenvalue weighted by Gasteiger charge is 2.12. The molecule has 0 unspecified atom stereocenters. The van der Waals surface area contributed by atoms with E-state index < -0.39 is 0 Å². The Kier molecular flexibility index (Phi) is 3.87. The summed E-state index contributed by atoms with van der Waals surface area (Å²) < 4.78 is 1.75.